The van der Waals surface area contributed by atoms with E-state index in [2.05, 4.69) is 15.6 Å². The summed E-state index contributed by atoms with van der Waals surface area (Å²) in [6, 6.07) is 9.70. The number of thiophene rings is 1. The molecule has 8 heteroatoms. The highest BCUT2D eigenvalue weighted by atomic mass is 32.1. The molecule has 1 aromatic carbocycles. The van der Waals surface area contributed by atoms with Crippen molar-refractivity contribution in [3.63, 3.8) is 0 Å². The highest BCUT2D eigenvalue weighted by molar-refractivity contribution is 7.20. The minimum atomic E-state index is -0.303. The summed E-state index contributed by atoms with van der Waals surface area (Å²) in [6.07, 6.45) is 0. The lowest BCUT2D eigenvalue weighted by Crippen LogP contribution is -2.21. The largest absolute Gasteiger partial charge is 0.359 e. The lowest BCUT2D eigenvalue weighted by atomic mass is 10.3. The number of halogens is 1. The van der Waals surface area contributed by atoms with E-state index in [1.165, 1.54) is 23.5 Å². The smallest absolute Gasteiger partial charge is 0.261 e. The molecule has 0 aliphatic carbocycles. The second-order valence-electron chi connectivity index (χ2n) is 5.92. The van der Waals surface area contributed by atoms with Gasteiger partial charge in [0.05, 0.1) is 28.5 Å². The number of nitrogens with one attached hydrogen (secondary N) is 1. The first-order chi connectivity index (χ1) is 12.5. The number of aryl methyl sites for hydroxylation is 2. The molecule has 0 aliphatic heterocycles. The molecule has 4 rings (SSSR count). The van der Waals surface area contributed by atoms with Gasteiger partial charge < -0.3 is 9.84 Å². The molecule has 0 unspecified atom stereocenters. The summed E-state index contributed by atoms with van der Waals surface area (Å²) in [6.45, 7) is 3.98. The molecule has 0 radical (unpaired) electrons. The highest BCUT2D eigenvalue weighted by Crippen LogP contribution is 2.30. The number of aromatic nitrogens is 3. The molecule has 0 saturated heterocycles. The lowest BCUT2D eigenvalue weighted by molar-refractivity contribution is 0.0951. The SMILES string of the molecule is Cc1cc(CNC(=O)c2cc3c(C)nn(-c4ccc(F)cc4)c3s2)on1. The third-order valence-corrected chi connectivity index (χ3v) is 5.05. The van der Waals surface area contributed by atoms with Crippen LogP contribution in [0.5, 0.6) is 0 Å². The highest BCUT2D eigenvalue weighted by Gasteiger charge is 2.17. The van der Waals surface area contributed by atoms with Crippen molar-refractivity contribution in [1.29, 1.82) is 0 Å². The van der Waals surface area contributed by atoms with E-state index in [1.54, 1.807) is 22.9 Å². The Kier molecular flexibility index (Phi) is 4.04. The summed E-state index contributed by atoms with van der Waals surface area (Å²) < 4.78 is 20.0. The Labute approximate surface area is 152 Å². The van der Waals surface area contributed by atoms with Crippen LogP contribution in [0.2, 0.25) is 0 Å². The second kappa shape index (κ2) is 6.38. The molecule has 0 aliphatic rings. The van der Waals surface area contributed by atoms with E-state index < -0.39 is 0 Å². The standard InChI is InChI=1S/C18H15FN4O2S/c1-10-7-14(25-22-10)9-20-17(24)16-8-15-11(2)21-23(18(15)26-16)13-5-3-12(19)4-6-13/h3-8H,9H2,1-2H3,(H,20,24). The average molecular weight is 370 g/mol. The Balaban J connectivity index is 1.61. The van der Waals surface area contributed by atoms with Gasteiger partial charge in [0.2, 0.25) is 0 Å². The van der Waals surface area contributed by atoms with Crippen LogP contribution in [0.1, 0.15) is 26.8 Å². The van der Waals surface area contributed by atoms with Gasteiger partial charge in [0.25, 0.3) is 5.91 Å². The van der Waals surface area contributed by atoms with Crippen molar-refractivity contribution < 1.29 is 13.7 Å². The topological polar surface area (TPSA) is 73.0 Å². The number of benzene rings is 1. The molecule has 1 N–H and O–H groups in total. The van der Waals surface area contributed by atoms with Gasteiger partial charge >= 0.3 is 0 Å². The van der Waals surface area contributed by atoms with E-state index in [0.717, 1.165) is 27.3 Å². The van der Waals surface area contributed by atoms with Crippen molar-refractivity contribution in [2.45, 2.75) is 20.4 Å². The van der Waals surface area contributed by atoms with Crippen molar-refractivity contribution in [3.8, 4) is 5.69 Å². The Morgan fingerprint density at radius 2 is 2.04 bits per heavy atom. The summed E-state index contributed by atoms with van der Waals surface area (Å²) in [4.78, 5) is 13.9. The number of rotatable bonds is 4. The van der Waals surface area contributed by atoms with Crippen LogP contribution >= 0.6 is 11.3 Å². The van der Waals surface area contributed by atoms with Gasteiger partial charge in [-0.1, -0.05) is 5.16 Å². The Morgan fingerprint density at radius 1 is 1.27 bits per heavy atom. The van der Waals surface area contributed by atoms with E-state index in [0.29, 0.717) is 10.6 Å². The van der Waals surface area contributed by atoms with Gasteiger partial charge in [0.15, 0.2) is 5.76 Å². The quantitative estimate of drug-likeness (QED) is 0.594. The predicted octanol–water partition coefficient (Wildman–Crippen LogP) is 3.76. The zero-order valence-corrected chi connectivity index (χ0v) is 14.9. The van der Waals surface area contributed by atoms with Gasteiger partial charge in [-0.15, -0.1) is 11.3 Å². The van der Waals surface area contributed by atoms with Crippen LogP contribution in [-0.4, -0.2) is 20.8 Å². The fourth-order valence-electron chi connectivity index (χ4n) is 2.67. The van der Waals surface area contributed by atoms with Crippen molar-refractivity contribution in [2.24, 2.45) is 0 Å². The minimum Gasteiger partial charge on any atom is -0.359 e. The summed E-state index contributed by atoms with van der Waals surface area (Å²) in [5.74, 6) is 0.110. The van der Waals surface area contributed by atoms with E-state index >= 15 is 0 Å². The molecule has 0 fully saturated rings. The first-order valence-corrected chi connectivity index (χ1v) is 8.78. The van der Waals surface area contributed by atoms with Crippen LogP contribution < -0.4 is 5.32 Å². The fraction of sp³-hybridized carbons (Fsp3) is 0.167. The van der Waals surface area contributed by atoms with Crippen LogP contribution in [0, 0.1) is 19.7 Å². The maximum Gasteiger partial charge on any atom is 0.261 e. The first kappa shape index (κ1) is 16.5. The van der Waals surface area contributed by atoms with Crippen molar-refractivity contribution >= 4 is 27.5 Å². The van der Waals surface area contributed by atoms with E-state index in [-0.39, 0.29) is 18.3 Å². The number of amides is 1. The number of hydrogen-bond acceptors (Lipinski definition) is 5. The summed E-state index contributed by atoms with van der Waals surface area (Å²) >= 11 is 1.34. The van der Waals surface area contributed by atoms with Gasteiger partial charge in [0.1, 0.15) is 10.6 Å². The molecule has 0 spiro atoms. The first-order valence-electron chi connectivity index (χ1n) is 7.97. The van der Waals surface area contributed by atoms with Gasteiger partial charge in [0, 0.05) is 11.5 Å². The molecule has 0 atom stereocenters. The number of nitrogens with zero attached hydrogens (tertiary/aromatic N) is 3. The zero-order chi connectivity index (χ0) is 18.3. The van der Waals surface area contributed by atoms with Gasteiger partial charge in [-0.2, -0.15) is 5.10 Å². The second-order valence-corrected chi connectivity index (χ2v) is 6.95. The molecular weight excluding hydrogens is 355 g/mol. The molecule has 6 nitrogen and oxygen atoms in total. The molecule has 132 valence electrons. The number of fused-ring (bicyclic) bond motifs is 1. The third-order valence-electron chi connectivity index (χ3n) is 3.94. The Hall–Kier alpha value is -3.00. The third kappa shape index (κ3) is 2.99. The van der Waals surface area contributed by atoms with Crippen LogP contribution in [0.15, 0.2) is 40.9 Å². The molecular formula is C18H15FN4O2S. The van der Waals surface area contributed by atoms with Crippen LogP contribution in [0.4, 0.5) is 4.39 Å². The molecule has 26 heavy (non-hydrogen) atoms. The summed E-state index contributed by atoms with van der Waals surface area (Å²) in [5.41, 5.74) is 2.33. The van der Waals surface area contributed by atoms with Crippen molar-refractivity contribution in [1.82, 2.24) is 20.3 Å². The van der Waals surface area contributed by atoms with Crippen molar-refractivity contribution in [3.05, 3.63) is 64.2 Å². The molecule has 1 amide bonds. The monoisotopic (exact) mass is 370 g/mol. The van der Waals surface area contributed by atoms with E-state index in [9.17, 15) is 9.18 Å². The van der Waals surface area contributed by atoms with Crippen LogP contribution in [0.3, 0.4) is 0 Å². The number of hydrogen-bond donors (Lipinski definition) is 1. The predicted molar refractivity (Wildman–Crippen MR) is 96.1 cm³/mol. The Bertz CT molecular complexity index is 1090. The summed E-state index contributed by atoms with van der Waals surface area (Å²) in [5, 5.41) is 12.0. The normalized spacial score (nSPS) is 11.2. The van der Waals surface area contributed by atoms with Gasteiger partial charge in [-0.05, 0) is 44.2 Å². The average Bonchev–Trinajstić information content (AvgIpc) is 3.31. The maximum absolute atomic E-state index is 13.2. The molecule has 0 saturated carbocycles. The van der Waals surface area contributed by atoms with E-state index in [1.807, 2.05) is 19.9 Å². The van der Waals surface area contributed by atoms with E-state index in [4.69, 9.17) is 4.52 Å². The molecule has 0 bridgehead atoms. The maximum atomic E-state index is 13.2. The molecule has 3 aromatic heterocycles. The molecule has 3 heterocycles. The zero-order valence-electron chi connectivity index (χ0n) is 14.1. The number of carbonyl (C=O) groups is 1. The number of carbonyl (C=O) groups excluding carboxylic acids is 1. The van der Waals surface area contributed by atoms with Crippen LogP contribution in [0.25, 0.3) is 15.9 Å². The Morgan fingerprint density at radius 3 is 2.73 bits per heavy atom. The lowest BCUT2D eigenvalue weighted by Gasteiger charge is -2.02. The summed E-state index contributed by atoms with van der Waals surface area (Å²) in [7, 11) is 0. The fourth-order valence-corrected chi connectivity index (χ4v) is 3.77. The van der Waals surface area contributed by atoms with Crippen molar-refractivity contribution in [2.75, 3.05) is 0 Å². The van der Waals surface area contributed by atoms with Gasteiger partial charge in [-0.3, -0.25) is 4.79 Å². The van der Waals surface area contributed by atoms with Crippen LogP contribution in [-0.2, 0) is 6.54 Å². The molecule has 4 aromatic rings. The van der Waals surface area contributed by atoms with Gasteiger partial charge in [-0.25, -0.2) is 9.07 Å². The minimum absolute atomic E-state index is 0.190.